The number of hydrogen-bond acceptors (Lipinski definition) is 3. The van der Waals surface area contributed by atoms with E-state index < -0.39 is 0 Å². The van der Waals surface area contributed by atoms with Crippen molar-refractivity contribution in [2.75, 3.05) is 39.3 Å². The van der Waals surface area contributed by atoms with Crippen LogP contribution in [-0.2, 0) is 4.79 Å². The van der Waals surface area contributed by atoms with Gasteiger partial charge in [-0.1, -0.05) is 37.3 Å². The molecular formula is C20H33N3O. The quantitative estimate of drug-likeness (QED) is 0.733. The van der Waals surface area contributed by atoms with E-state index in [4.69, 9.17) is 0 Å². The molecule has 4 heteroatoms. The molecule has 0 aromatic heterocycles. The van der Waals surface area contributed by atoms with Crippen LogP contribution in [0.1, 0.15) is 45.7 Å². The van der Waals surface area contributed by atoms with E-state index in [0.29, 0.717) is 18.6 Å². The highest BCUT2D eigenvalue weighted by molar-refractivity contribution is 5.78. The van der Waals surface area contributed by atoms with Gasteiger partial charge in [0.1, 0.15) is 0 Å². The Morgan fingerprint density at radius 1 is 1.17 bits per heavy atom. The molecule has 1 aliphatic rings. The van der Waals surface area contributed by atoms with Gasteiger partial charge in [0.15, 0.2) is 0 Å². The van der Waals surface area contributed by atoms with Gasteiger partial charge in [-0.05, 0) is 39.3 Å². The number of carbonyl (C=O) groups excluding carboxylic acids is 1. The van der Waals surface area contributed by atoms with E-state index in [0.717, 1.165) is 39.1 Å². The van der Waals surface area contributed by atoms with Crippen LogP contribution in [0.2, 0.25) is 0 Å². The predicted octanol–water partition coefficient (Wildman–Crippen LogP) is 3.01. The molecule has 0 N–H and O–H groups in total. The third kappa shape index (κ3) is 4.58. The summed E-state index contributed by atoms with van der Waals surface area (Å²) in [5.41, 5.74) is 1.38. The van der Waals surface area contributed by atoms with Crippen LogP contribution in [0.3, 0.4) is 0 Å². The maximum absolute atomic E-state index is 12.4. The molecule has 2 unspecified atom stereocenters. The number of likely N-dealkylation sites (N-methyl/N-ethyl adjacent to an activating group) is 2. The molecule has 1 fully saturated rings. The van der Waals surface area contributed by atoms with E-state index in [1.807, 2.05) is 4.90 Å². The van der Waals surface area contributed by atoms with Crippen molar-refractivity contribution in [3.05, 3.63) is 35.9 Å². The first-order valence-corrected chi connectivity index (χ1v) is 9.41. The summed E-state index contributed by atoms with van der Waals surface area (Å²) < 4.78 is 0. The van der Waals surface area contributed by atoms with Gasteiger partial charge in [-0.25, -0.2) is 0 Å². The van der Waals surface area contributed by atoms with Crippen molar-refractivity contribution < 1.29 is 4.79 Å². The number of carbonyl (C=O) groups is 1. The molecule has 0 bridgehead atoms. The summed E-state index contributed by atoms with van der Waals surface area (Å²) >= 11 is 0. The molecule has 134 valence electrons. The molecule has 0 aliphatic carbocycles. The maximum Gasteiger partial charge on any atom is 0.236 e. The highest BCUT2D eigenvalue weighted by Gasteiger charge is 2.31. The van der Waals surface area contributed by atoms with E-state index in [2.05, 4.69) is 67.8 Å². The highest BCUT2D eigenvalue weighted by Crippen LogP contribution is 2.26. The summed E-state index contributed by atoms with van der Waals surface area (Å²) in [6, 6.07) is 11.6. The van der Waals surface area contributed by atoms with Gasteiger partial charge in [0.2, 0.25) is 5.91 Å². The molecule has 1 amide bonds. The Hall–Kier alpha value is -1.39. The average molecular weight is 332 g/mol. The molecule has 1 aliphatic heterocycles. The number of amides is 1. The van der Waals surface area contributed by atoms with Gasteiger partial charge in [0.25, 0.3) is 0 Å². The van der Waals surface area contributed by atoms with E-state index >= 15 is 0 Å². The van der Waals surface area contributed by atoms with Gasteiger partial charge < -0.3 is 4.90 Å². The molecule has 1 aromatic rings. The standard InChI is InChI=1S/C20H33N3O/c1-5-21(6-2)20(24)16-22(7-3)19-13-14-23(15-19)17(4)18-11-9-8-10-12-18/h8-12,17,19H,5-7,13-16H2,1-4H3. The van der Waals surface area contributed by atoms with Crippen molar-refractivity contribution in [2.24, 2.45) is 0 Å². The summed E-state index contributed by atoms with van der Waals surface area (Å²) in [7, 11) is 0. The topological polar surface area (TPSA) is 26.8 Å². The van der Waals surface area contributed by atoms with Gasteiger partial charge in [0.05, 0.1) is 6.54 Å². The Kier molecular flexibility index (Phi) is 7.25. The fraction of sp³-hybridized carbons (Fsp3) is 0.650. The molecule has 2 atom stereocenters. The minimum Gasteiger partial charge on any atom is -0.342 e. The molecule has 4 nitrogen and oxygen atoms in total. The van der Waals surface area contributed by atoms with Gasteiger partial charge in [-0.2, -0.15) is 0 Å². The van der Waals surface area contributed by atoms with Gasteiger partial charge >= 0.3 is 0 Å². The molecule has 2 rings (SSSR count). The van der Waals surface area contributed by atoms with Crippen LogP contribution in [0.4, 0.5) is 0 Å². The van der Waals surface area contributed by atoms with Crippen LogP contribution < -0.4 is 0 Å². The number of rotatable bonds is 8. The van der Waals surface area contributed by atoms with Crippen LogP contribution in [0, 0.1) is 0 Å². The molecule has 0 saturated carbocycles. The first kappa shape index (κ1) is 18.9. The largest absolute Gasteiger partial charge is 0.342 e. The Bertz CT molecular complexity index is 501. The van der Waals surface area contributed by atoms with E-state index in [1.165, 1.54) is 5.56 Å². The second kappa shape index (κ2) is 9.19. The van der Waals surface area contributed by atoms with Gasteiger partial charge in [-0.15, -0.1) is 0 Å². The molecule has 1 heterocycles. The van der Waals surface area contributed by atoms with Crippen LogP contribution in [-0.4, -0.2) is 65.9 Å². The summed E-state index contributed by atoms with van der Waals surface area (Å²) in [5.74, 6) is 0.261. The van der Waals surface area contributed by atoms with Crippen molar-refractivity contribution in [2.45, 2.75) is 46.2 Å². The van der Waals surface area contributed by atoms with Crippen molar-refractivity contribution in [1.82, 2.24) is 14.7 Å². The first-order chi connectivity index (χ1) is 11.6. The lowest BCUT2D eigenvalue weighted by molar-refractivity contribution is -0.132. The zero-order valence-electron chi connectivity index (χ0n) is 15.7. The van der Waals surface area contributed by atoms with Crippen molar-refractivity contribution >= 4 is 5.91 Å². The van der Waals surface area contributed by atoms with Crippen LogP contribution in [0.15, 0.2) is 30.3 Å². The average Bonchev–Trinajstić information content (AvgIpc) is 3.10. The minimum atomic E-state index is 0.261. The second-order valence-electron chi connectivity index (χ2n) is 6.65. The Morgan fingerprint density at radius 3 is 2.42 bits per heavy atom. The summed E-state index contributed by atoms with van der Waals surface area (Å²) in [6.45, 7) is 13.8. The third-order valence-electron chi connectivity index (χ3n) is 5.40. The lowest BCUT2D eigenvalue weighted by Gasteiger charge is -2.31. The molecule has 1 aromatic carbocycles. The second-order valence-corrected chi connectivity index (χ2v) is 6.65. The predicted molar refractivity (Wildman–Crippen MR) is 100 cm³/mol. The number of benzene rings is 1. The number of nitrogens with zero attached hydrogens (tertiary/aromatic N) is 3. The van der Waals surface area contributed by atoms with Crippen LogP contribution in [0.5, 0.6) is 0 Å². The van der Waals surface area contributed by atoms with Crippen molar-refractivity contribution in [3.63, 3.8) is 0 Å². The minimum absolute atomic E-state index is 0.261. The summed E-state index contributed by atoms with van der Waals surface area (Å²) in [6.07, 6.45) is 1.15. The van der Waals surface area contributed by atoms with Crippen LogP contribution in [0.25, 0.3) is 0 Å². The SMILES string of the molecule is CCN(CC)C(=O)CN(CC)C1CCN(C(C)c2ccccc2)C1. The Balaban J connectivity index is 1.94. The number of likely N-dealkylation sites (tertiary alicyclic amines) is 1. The van der Waals surface area contributed by atoms with Crippen molar-refractivity contribution in [3.8, 4) is 0 Å². The summed E-state index contributed by atoms with van der Waals surface area (Å²) in [4.78, 5) is 19.3. The molecular weight excluding hydrogens is 298 g/mol. The molecule has 0 radical (unpaired) electrons. The van der Waals surface area contributed by atoms with E-state index in [1.54, 1.807) is 0 Å². The van der Waals surface area contributed by atoms with E-state index in [9.17, 15) is 4.79 Å². The zero-order valence-corrected chi connectivity index (χ0v) is 15.7. The Labute approximate surface area is 147 Å². The zero-order chi connectivity index (χ0) is 17.5. The normalized spacial score (nSPS) is 19.6. The monoisotopic (exact) mass is 331 g/mol. The molecule has 1 saturated heterocycles. The third-order valence-corrected chi connectivity index (χ3v) is 5.40. The van der Waals surface area contributed by atoms with Crippen LogP contribution >= 0.6 is 0 Å². The van der Waals surface area contributed by atoms with Crippen molar-refractivity contribution in [1.29, 1.82) is 0 Å². The summed E-state index contributed by atoms with van der Waals surface area (Å²) in [5, 5.41) is 0. The molecule has 0 spiro atoms. The Morgan fingerprint density at radius 2 is 1.83 bits per heavy atom. The fourth-order valence-corrected chi connectivity index (χ4v) is 3.71. The lowest BCUT2D eigenvalue weighted by Crippen LogP contribution is -2.45. The fourth-order valence-electron chi connectivity index (χ4n) is 3.71. The van der Waals surface area contributed by atoms with Gasteiger partial charge in [-0.3, -0.25) is 14.6 Å². The molecule has 24 heavy (non-hydrogen) atoms. The highest BCUT2D eigenvalue weighted by atomic mass is 16.2. The smallest absolute Gasteiger partial charge is 0.236 e. The lowest BCUT2D eigenvalue weighted by atomic mass is 10.1. The number of hydrogen-bond donors (Lipinski definition) is 0. The maximum atomic E-state index is 12.4. The van der Waals surface area contributed by atoms with E-state index in [-0.39, 0.29) is 5.91 Å². The first-order valence-electron chi connectivity index (χ1n) is 9.41. The van der Waals surface area contributed by atoms with Gasteiger partial charge in [0, 0.05) is 38.3 Å².